The van der Waals surface area contributed by atoms with Crippen molar-refractivity contribution in [2.75, 3.05) is 25.1 Å². The van der Waals surface area contributed by atoms with Crippen LogP contribution in [0.4, 0.5) is 5.69 Å². The smallest absolute Gasteiger partial charge is 0.328 e. The van der Waals surface area contributed by atoms with Crippen molar-refractivity contribution in [2.24, 2.45) is 0 Å². The zero-order chi connectivity index (χ0) is 21.1. The summed E-state index contributed by atoms with van der Waals surface area (Å²) in [5, 5.41) is 0. The number of carbonyl (C=O) groups excluding carboxylic acids is 1. The van der Waals surface area contributed by atoms with Crippen molar-refractivity contribution >= 4 is 21.7 Å². The summed E-state index contributed by atoms with van der Waals surface area (Å²) < 4.78 is 33.6. The number of nitrogens with zero attached hydrogens (tertiary/aromatic N) is 3. The van der Waals surface area contributed by atoms with Gasteiger partial charge in [0.1, 0.15) is 10.9 Å². The molecular weight excluding hydrogens is 404 g/mol. The fraction of sp³-hybridized carbons (Fsp3) is 0.238. The molecule has 0 fully saturated rings. The molecule has 1 aliphatic rings. The highest BCUT2D eigenvalue weighted by molar-refractivity contribution is 7.89. The van der Waals surface area contributed by atoms with Crippen molar-refractivity contribution in [1.29, 1.82) is 0 Å². The molecule has 0 saturated carbocycles. The first-order valence-electron chi connectivity index (χ1n) is 9.48. The Morgan fingerprint density at radius 2 is 1.87 bits per heavy atom. The lowest BCUT2D eigenvalue weighted by Gasteiger charge is -2.28. The second-order valence-electron chi connectivity index (χ2n) is 6.92. The van der Waals surface area contributed by atoms with Crippen LogP contribution in [0, 0.1) is 0 Å². The van der Waals surface area contributed by atoms with Gasteiger partial charge in [0.05, 0.1) is 31.4 Å². The summed E-state index contributed by atoms with van der Waals surface area (Å²) in [4.78, 5) is 21.9. The maximum Gasteiger partial charge on any atom is 0.328 e. The summed E-state index contributed by atoms with van der Waals surface area (Å²) >= 11 is 0. The lowest BCUT2D eigenvalue weighted by molar-refractivity contribution is -0.145. The van der Waals surface area contributed by atoms with Gasteiger partial charge in [-0.25, -0.2) is 18.2 Å². The highest BCUT2D eigenvalue weighted by atomic mass is 32.2. The third-order valence-corrected chi connectivity index (χ3v) is 7.04. The van der Waals surface area contributed by atoms with Crippen LogP contribution in [0.2, 0.25) is 0 Å². The van der Waals surface area contributed by atoms with Crippen LogP contribution in [0.15, 0.2) is 72.0 Å². The number of hydrogen-bond donors (Lipinski definition) is 1. The Morgan fingerprint density at radius 1 is 1.13 bits per heavy atom. The predicted octanol–water partition coefficient (Wildman–Crippen LogP) is 2.33. The third kappa shape index (κ3) is 3.69. The van der Waals surface area contributed by atoms with E-state index in [4.69, 9.17) is 4.74 Å². The fourth-order valence-electron chi connectivity index (χ4n) is 3.70. The lowest BCUT2D eigenvalue weighted by Crippen LogP contribution is -2.41. The number of H-pyrrole nitrogens is 1. The number of para-hydroxylation sites is 1. The van der Waals surface area contributed by atoms with E-state index in [9.17, 15) is 13.2 Å². The number of carbonyl (C=O) groups is 1. The first kappa shape index (κ1) is 20.1. The van der Waals surface area contributed by atoms with Crippen LogP contribution in [-0.4, -0.2) is 48.9 Å². The lowest BCUT2D eigenvalue weighted by atomic mass is 10.1. The molecule has 1 aliphatic heterocycles. The van der Waals surface area contributed by atoms with Gasteiger partial charge in [-0.05, 0) is 17.7 Å². The molecular formula is C21H22N4O4S. The zero-order valence-corrected chi connectivity index (χ0v) is 17.2. The van der Waals surface area contributed by atoms with Crippen LogP contribution in [-0.2, 0) is 26.1 Å². The van der Waals surface area contributed by atoms with Crippen molar-refractivity contribution in [1.82, 2.24) is 14.3 Å². The van der Waals surface area contributed by atoms with Crippen molar-refractivity contribution in [3.8, 4) is 0 Å². The molecule has 0 bridgehead atoms. The highest BCUT2D eigenvalue weighted by Gasteiger charge is 2.41. The molecule has 2 aromatic carbocycles. The van der Waals surface area contributed by atoms with Gasteiger partial charge in [-0.3, -0.25) is 0 Å². The summed E-state index contributed by atoms with van der Waals surface area (Å²) in [5.41, 5.74) is 2.02. The molecule has 156 valence electrons. The van der Waals surface area contributed by atoms with E-state index in [-0.39, 0.29) is 11.4 Å². The van der Waals surface area contributed by atoms with Crippen molar-refractivity contribution < 1.29 is 17.9 Å². The maximum absolute atomic E-state index is 13.7. The van der Waals surface area contributed by atoms with E-state index >= 15 is 0 Å². The number of fused-ring (bicyclic) bond motifs is 1. The summed E-state index contributed by atoms with van der Waals surface area (Å²) in [7, 11) is -2.70. The van der Waals surface area contributed by atoms with Crippen molar-refractivity contribution in [3.63, 3.8) is 0 Å². The number of anilines is 1. The van der Waals surface area contributed by atoms with Crippen LogP contribution in [0.3, 0.4) is 0 Å². The van der Waals surface area contributed by atoms with E-state index in [1.165, 1.54) is 11.4 Å². The Labute approximate surface area is 175 Å². The van der Waals surface area contributed by atoms with Crippen LogP contribution in [0.25, 0.3) is 0 Å². The molecule has 0 aliphatic carbocycles. The number of imidazole rings is 1. The Balaban J connectivity index is 1.80. The summed E-state index contributed by atoms with van der Waals surface area (Å²) in [6.07, 6.45) is 3.30. The normalized spacial score (nSPS) is 17.0. The van der Waals surface area contributed by atoms with Crippen molar-refractivity contribution in [2.45, 2.75) is 17.5 Å². The first-order chi connectivity index (χ1) is 14.5. The Hall–Kier alpha value is -3.17. The van der Waals surface area contributed by atoms with E-state index in [1.54, 1.807) is 61.1 Å². The number of methoxy groups -OCH3 is 1. The molecule has 9 heteroatoms. The molecule has 4 rings (SSSR count). The van der Waals surface area contributed by atoms with Gasteiger partial charge in [-0.15, -0.1) is 0 Å². The van der Waals surface area contributed by atoms with E-state index in [1.807, 2.05) is 11.0 Å². The number of benzene rings is 2. The van der Waals surface area contributed by atoms with Gasteiger partial charge in [0.2, 0.25) is 10.0 Å². The minimum Gasteiger partial charge on any atom is -0.468 e. The molecule has 3 aromatic rings. The molecule has 1 unspecified atom stereocenters. The molecule has 1 aromatic heterocycles. The zero-order valence-electron chi connectivity index (χ0n) is 16.4. The average Bonchev–Trinajstić information content (AvgIpc) is 3.25. The van der Waals surface area contributed by atoms with Gasteiger partial charge in [-0.2, -0.15) is 4.31 Å². The third-order valence-electron chi connectivity index (χ3n) is 5.13. The van der Waals surface area contributed by atoms with Crippen molar-refractivity contribution in [3.05, 3.63) is 78.4 Å². The summed E-state index contributed by atoms with van der Waals surface area (Å²) in [5.74, 6) is -0.621. The largest absolute Gasteiger partial charge is 0.468 e. The van der Waals surface area contributed by atoms with Gasteiger partial charge >= 0.3 is 5.97 Å². The van der Waals surface area contributed by atoms with E-state index in [2.05, 4.69) is 9.97 Å². The molecule has 0 spiro atoms. The molecule has 0 radical (unpaired) electrons. The molecule has 1 atom stereocenters. The number of aromatic amines is 1. The van der Waals surface area contributed by atoms with Gasteiger partial charge in [0, 0.05) is 19.3 Å². The monoisotopic (exact) mass is 426 g/mol. The Bertz CT molecular complexity index is 1120. The van der Waals surface area contributed by atoms with Crippen LogP contribution in [0.5, 0.6) is 0 Å². The maximum atomic E-state index is 13.7. The van der Waals surface area contributed by atoms with Gasteiger partial charge < -0.3 is 14.6 Å². The van der Waals surface area contributed by atoms with E-state index < -0.39 is 22.0 Å². The second-order valence-corrected chi connectivity index (χ2v) is 8.78. The number of sulfonamides is 1. The topological polar surface area (TPSA) is 95.6 Å². The Morgan fingerprint density at radius 3 is 2.57 bits per heavy atom. The number of hydrogen-bond acceptors (Lipinski definition) is 6. The van der Waals surface area contributed by atoms with Crippen LogP contribution in [0.1, 0.15) is 17.3 Å². The molecule has 1 N–H and O–H groups in total. The minimum absolute atomic E-state index is 0.125. The second kappa shape index (κ2) is 8.29. The fourth-order valence-corrected chi connectivity index (χ4v) is 5.47. The van der Waals surface area contributed by atoms with Crippen LogP contribution < -0.4 is 4.90 Å². The molecule has 30 heavy (non-hydrogen) atoms. The number of aromatic nitrogens is 2. The molecule has 2 heterocycles. The van der Waals surface area contributed by atoms with E-state index in [0.29, 0.717) is 24.3 Å². The quantitative estimate of drug-likeness (QED) is 0.629. The summed E-state index contributed by atoms with van der Waals surface area (Å²) in [6.45, 7) is 0.990. The standard InChI is InChI=1S/C21H22N4O4S/c1-29-21(26)20(16-7-3-2-4-8-16)25-12-11-24(14-17-13-22-15-23-17)18-9-5-6-10-19(18)30(25,27)28/h2-10,13,15,20H,11-12,14H2,1H3,(H,22,23). The van der Waals surface area contributed by atoms with Gasteiger partial charge in [-0.1, -0.05) is 42.5 Å². The molecule has 0 amide bonds. The predicted molar refractivity (Wildman–Crippen MR) is 111 cm³/mol. The van der Waals surface area contributed by atoms with Gasteiger partial charge in [0.15, 0.2) is 0 Å². The average molecular weight is 426 g/mol. The van der Waals surface area contributed by atoms with E-state index in [0.717, 1.165) is 5.69 Å². The van der Waals surface area contributed by atoms with Crippen LogP contribution >= 0.6 is 0 Å². The number of rotatable bonds is 5. The van der Waals surface area contributed by atoms with Gasteiger partial charge in [0.25, 0.3) is 0 Å². The minimum atomic E-state index is -3.97. The molecule has 0 saturated heterocycles. The number of ether oxygens (including phenoxy) is 1. The number of esters is 1. The number of nitrogens with one attached hydrogen (secondary N) is 1. The molecule has 8 nitrogen and oxygen atoms in total. The highest BCUT2D eigenvalue weighted by Crippen LogP contribution is 2.36. The Kier molecular flexibility index (Phi) is 5.56. The summed E-state index contributed by atoms with van der Waals surface area (Å²) in [6, 6.07) is 14.6. The first-order valence-corrected chi connectivity index (χ1v) is 10.9. The SMILES string of the molecule is COC(=O)C(c1ccccc1)N1CCN(Cc2cnc[nH]2)c2ccccc2S1(=O)=O.